The summed E-state index contributed by atoms with van der Waals surface area (Å²) in [6.07, 6.45) is 1.02. The van der Waals surface area contributed by atoms with E-state index in [4.69, 9.17) is 25.6 Å². The largest absolute Gasteiger partial charge is 0.405 e. The number of anilines is 2. The molecule has 38 heavy (non-hydrogen) atoms. The summed E-state index contributed by atoms with van der Waals surface area (Å²) in [6.45, 7) is 2.68. The number of fused-ring (bicyclic) bond motifs is 1. The lowest BCUT2D eigenvalue weighted by molar-refractivity contribution is -0.117. The maximum atomic E-state index is 13.1. The van der Waals surface area contributed by atoms with Crippen LogP contribution in [0.4, 0.5) is 10.7 Å². The van der Waals surface area contributed by atoms with Crippen molar-refractivity contribution in [3.8, 4) is 0 Å². The van der Waals surface area contributed by atoms with Crippen molar-refractivity contribution in [2.24, 2.45) is 15.7 Å². The van der Waals surface area contributed by atoms with E-state index in [0.29, 0.717) is 36.2 Å². The van der Waals surface area contributed by atoms with Crippen LogP contribution in [0.15, 0.2) is 64.6 Å². The number of aliphatic imine (C=N–C) groups is 2. The van der Waals surface area contributed by atoms with Crippen molar-refractivity contribution in [3.05, 3.63) is 76.4 Å². The lowest BCUT2D eigenvalue weighted by Crippen LogP contribution is -2.37. The number of hydrogen-bond acceptors (Lipinski definition) is 9. The Morgan fingerprint density at radius 3 is 2.63 bits per heavy atom. The zero-order valence-electron chi connectivity index (χ0n) is 20.6. The van der Waals surface area contributed by atoms with Gasteiger partial charge >= 0.3 is 0 Å². The van der Waals surface area contributed by atoms with E-state index < -0.39 is 12.1 Å². The summed E-state index contributed by atoms with van der Waals surface area (Å²) >= 11 is 1.59. The molecule has 4 N–H and O–H groups in total. The molecule has 1 saturated carbocycles. The summed E-state index contributed by atoms with van der Waals surface area (Å²) in [4.78, 5) is 28.9. The number of nitrogens with zero attached hydrogens (tertiary/aromatic N) is 4. The minimum atomic E-state index is -1.19. The highest BCUT2D eigenvalue weighted by molar-refractivity contribution is 7.16. The number of benzodiazepines with no additional fused rings is 1. The Morgan fingerprint density at radius 2 is 1.87 bits per heavy atom. The minimum absolute atomic E-state index is 0.208. The van der Waals surface area contributed by atoms with Gasteiger partial charge in [-0.25, -0.2) is 9.98 Å². The van der Waals surface area contributed by atoms with Gasteiger partial charge in [0.15, 0.2) is 5.69 Å². The number of thiazole rings is 1. The van der Waals surface area contributed by atoms with Gasteiger partial charge in [0, 0.05) is 30.1 Å². The Morgan fingerprint density at radius 1 is 1.13 bits per heavy atom. The molecule has 1 saturated heterocycles. The van der Waals surface area contributed by atoms with Crippen LogP contribution in [0, 0.1) is 5.41 Å². The van der Waals surface area contributed by atoms with Gasteiger partial charge in [0.2, 0.25) is 12.1 Å². The Hall–Kier alpha value is -4.09. The molecule has 2 fully saturated rings. The van der Waals surface area contributed by atoms with Crippen LogP contribution in [0.25, 0.3) is 0 Å². The second-order valence-electron chi connectivity index (χ2n) is 9.23. The number of nitrogens with one attached hydrogen (secondary N) is 2. The van der Waals surface area contributed by atoms with Crippen LogP contribution in [0.5, 0.6) is 0 Å². The van der Waals surface area contributed by atoms with E-state index in [1.807, 2.05) is 54.6 Å². The predicted molar refractivity (Wildman–Crippen MR) is 148 cm³/mol. The van der Waals surface area contributed by atoms with Gasteiger partial charge in [0.05, 0.1) is 29.6 Å². The molecule has 11 heteroatoms. The summed E-state index contributed by atoms with van der Waals surface area (Å²) in [5, 5.41) is 13.4. The number of ether oxygens (including phenoxy) is 2. The first-order valence-corrected chi connectivity index (χ1v) is 13.4. The molecular formula is C27H27N7O3S. The first kappa shape index (κ1) is 24.3. The van der Waals surface area contributed by atoms with Crippen molar-refractivity contribution < 1.29 is 14.3 Å². The highest BCUT2D eigenvalue weighted by Crippen LogP contribution is 2.45. The Kier molecular flexibility index (Phi) is 6.61. The van der Waals surface area contributed by atoms with Crippen molar-refractivity contribution in [3.63, 3.8) is 0 Å². The average Bonchev–Trinajstić information content (AvgIpc) is 3.71. The van der Waals surface area contributed by atoms with Crippen LogP contribution in [0.1, 0.15) is 40.6 Å². The molecule has 1 atom stereocenters. The molecule has 3 aliphatic rings. The van der Waals surface area contributed by atoms with Crippen molar-refractivity contribution in [1.82, 2.24) is 4.98 Å². The van der Waals surface area contributed by atoms with E-state index in [-0.39, 0.29) is 11.9 Å². The fourth-order valence-corrected chi connectivity index (χ4v) is 5.71. The summed E-state index contributed by atoms with van der Waals surface area (Å²) in [5.41, 5.74) is 9.43. The third-order valence-electron chi connectivity index (χ3n) is 6.50. The number of nitrogens with two attached hydrogens (primary N) is 1. The van der Waals surface area contributed by atoms with E-state index >= 15 is 0 Å². The fraction of sp³-hybridized carbons (Fsp3) is 0.296. The summed E-state index contributed by atoms with van der Waals surface area (Å²) in [7, 11) is 0. The summed E-state index contributed by atoms with van der Waals surface area (Å²) in [6, 6.07) is 16.7. The van der Waals surface area contributed by atoms with Gasteiger partial charge < -0.3 is 25.4 Å². The van der Waals surface area contributed by atoms with E-state index in [2.05, 4.69) is 20.2 Å². The molecule has 2 aliphatic heterocycles. The van der Waals surface area contributed by atoms with Crippen molar-refractivity contribution in [2.75, 3.05) is 36.5 Å². The highest BCUT2D eigenvalue weighted by atomic mass is 32.1. The van der Waals surface area contributed by atoms with E-state index in [1.54, 1.807) is 11.3 Å². The Bertz CT molecular complexity index is 1430. The van der Waals surface area contributed by atoms with Crippen molar-refractivity contribution in [2.45, 2.75) is 24.9 Å². The predicted octanol–water partition coefficient (Wildman–Crippen LogP) is 3.33. The monoisotopic (exact) mass is 529 g/mol. The molecule has 3 heterocycles. The molecule has 3 aromatic rings. The third-order valence-corrected chi connectivity index (χ3v) is 7.77. The van der Waals surface area contributed by atoms with Gasteiger partial charge in [-0.3, -0.25) is 10.2 Å². The molecule has 0 radical (unpaired) electrons. The highest BCUT2D eigenvalue weighted by Gasteiger charge is 2.32. The van der Waals surface area contributed by atoms with Crippen LogP contribution in [-0.4, -0.2) is 61.0 Å². The van der Waals surface area contributed by atoms with Gasteiger partial charge in [-0.2, -0.15) is 4.99 Å². The molecule has 10 nitrogen and oxygen atoms in total. The number of hydrogen-bond donors (Lipinski definition) is 3. The summed E-state index contributed by atoms with van der Waals surface area (Å²) < 4.78 is 11.1. The molecule has 0 spiro atoms. The minimum Gasteiger partial charge on any atom is -0.405 e. The number of aromatic nitrogens is 1. The number of rotatable bonds is 5. The van der Waals surface area contributed by atoms with Gasteiger partial charge in [-0.05, 0) is 18.9 Å². The van der Waals surface area contributed by atoms with E-state index in [0.717, 1.165) is 47.1 Å². The normalized spacial score (nSPS) is 19.7. The Balaban J connectivity index is 1.28. The standard InChI is InChI=1S/C27H27N7O3S/c28-22(21-26(34-12-14-36-15-13-34)38-25(32-21)17-10-11-17)37-27(29)33-23-24(35)30-19-9-5-4-8-18(19)20(31-23)16-6-2-1-3-7-16/h1-9,17,23,28H,10-15H2,(H2,29,33)(H,30,35)/t23-/m1/s1. The van der Waals surface area contributed by atoms with Gasteiger partial charge in [-0.15, -0.1) is 11.3 Å². The second kappa shape index (κ2) is 10.3. The number of carbonyl (C=O) groups is 1. The van der Waals surface area contributed by atoms with Crippen LogP contribution >= 0.6 is 11.3 Å². The second-order valence-corrected chi connectivity index (χ2v) is 10.2. The fourth-order valence-electron chi connectivity index (χ4n) is 4.42. The number of amides is 1. The number of carbonyl (C=O) groups excluding carboxylic acids is 1. The first-order chi connectivity index (χ1) is 18.6. The SMILES string of the molecule is N=C(OC(N)=N[C@H]1N=C(c2ccccc2)c2ccccc2NC1=O)c1nc(C2CC2)sc1N1CCOCC1. The smallest absolute Gasteiger partial charge is 0.291 e. The number of morpholine rings is 1. The molecule has 1 aliphatic carbocycles. The molecule has 0 unspecified atom stereocenters. The van der Waals surface area contributed by atoms with Crippen molar-refractivity contribution >= 4 is 45.6 Å². The lowest BCUT2D eigenvalue weighted by atomic mass is 10.0. The van der Waals surface area contributed by atoms with Gasteiger partial charge in [-0.1, -0.05) is 48.5 Å². The number of para-hydroxylation sites is 1. The zero-order chi connectivity index (χ0) is 26.1. The maximum Gasteiger partial charge on any atom is 0.291 e. The van der Waals surface area contributed by atoms with E-state index in [1.165, 1.54) is 0 Å². The number of benzene rings is 2. The lowest BCUT2D eigenvalue weighted by Gasteiger charge is -2.27. The summed E-state index contributed by atoms with van der Waals surface area (Å²) in [5.74, 6) is -0.213. The molecule has 0 bridgehead atoms. The molecule has 1 aromatic heterocycles. The first-order valence-electron chi connectivity index (χ1n) is 12.5. The zero-order valence-corrected chi connectivity index (χ0v) is 21.4. The van der Waals surface area contributed by atoms with Crippen LogP contribution in [-0.2, 0) is 14.3 Å². The van der Waals surface area contributed by atoms with Gasteiger partial charge in [0.1, 0.15) is 5.00 Å². The third kappa shape index (κ3) is 5.02. The Labute approximate surface area is 223 Å². The van der Waals surface area contributed by atoms with Crippen molar-refractivity contribution in [1.29, 1.82) is 5.41 Å². The van der Waals surface area contributed by atoms with E-state index in [9.17, 15) is 4.79 Å². The van der Waals surface area contributed by atoms with Crippen LogP contribution in [0.2, 0.25) is 0 Å². The van der Waals surface area contributed by atoms with Crippen LogP contribution in [0.3, 0.4) is 0 Å². The maximum absolute atomic E-state index is 13.1. The molecular weight excluding hydrogens is 502 g/mol. The van der Waals surface area contributed by atoms with Gasteiger partial charge in [0.25, 0.3) is 11.9 Å². The quantitative estimate of drug-likeness (QED) is 0.342. The molecule has 1 amide bonds. The molecule has 6 rings (SSSR count). The molecule has 2 aromatic carbocycles. The topological polar surface area (TPSA) is 138 Å². The number of amidine groups is 1. The average molecular weight is 530 g/mol. The molecule has 194 valence electrons. The van der Waals surface area contributed by atoms with Crippen LogP contribution < -0.4 is 16.0 Å².